The summed E-state index contributed by atoms with van der Waals surface area (Å²) in [4.78, 5) is 30.9. The fraction of sp³-hybridized carbons (Fsp3) is 0.143. The van der Waals surface area contributed by atoms with Gasteiger partial charge in [-0.1, -0.05) is 84.3 Å². The average Bonchev–Trinajstić information content (AvgIpc) is 4.15. The van der Waals surface area contributed by atoms with Gasteiger partial charge < -0.3 is 20.2 Å². The number of benzene rings is 4. The summed E-state index contributed by atoms with van der Waals surface area (Å²) in [6, 6.07) is 43.5. The van der Waals surface area contributed by atoms with E-state index in [1.54, 1.807) is 0 Å². The van der Waals surface area contributed by atoms with Crippen molar-refractivity contribution in [1.29, 1.82) is 0 Å². The standard InChI is InChI=1S/C56H46N6O2/c1-55(2,3)61(63)41-23-17-37(18-24-41)21-27-43-45-29-33-49(57-45)53(39-13-9-7-10-14-39)51-35-31-47(59-51)44(28-22-38-19-25-42(26-20-38)62(64)56(4,5)6)48-32-36-52(60-48)54(40-15-11-8-12-16-40)50-34-30-46(43)58-50/h7-20,23-26,29-36,57-58H,1-6H3. The van der Waals surface area contributed by atoms with E-state index in [1.165, 1.54) is 0 Å². The molecular formula is C56H46N6O2. The van der Waals surface area contributed by atoms with Crippen LogP contribution in [0.5, 0.6) is 0 Å². The Morgan fingerprint density at radius 1 is 0.500 bits per heavy atom. The van der Waals surface area contributed by atoms with Crippen LogP contribution in [0.4, 0.5) is 11.4 Å². The third-order valence-electron chi connectivity index (χ3n) is 11.0. The van der Waals surface area contributed by atoms with Crippen molar-refractivity contribution in [2.45, 2.75) is 52.6 Å². The number of nitroso groups, excluding NO2 is 1. The Labute approximate surface area is 373 Å². The number of H-pyrrole nitrogens is 2. The molecule has 0 fully saturated rings. The molecule has 3 aromatic heterocycles. The zero-order valence-corrected chi connectivity index (χ0v) is 36.6. The smallest absolute Gasteiger partial charge is 0.256 e. The van der Waals surface area contributed by atoms with Crippen LogP contribution in [0.1, 0.15) is 86.6 Å². The topological polar surface area (TPSA) is 104 Å². The molecule has 7 aromatic rings. The molecule has 0 saturated heterocycles. The maximum atomic E-state index is 12.9. The largest absolute Gasteiger partial charge is 0.758 e. The van der Waals surface area contributed by atoms with Crippen LogP contribution in [0.2, 0.25) is 0 Å². The zero-order valence-electron chi connectivity index (χ0n) is 36.6. The molecule has 8 bridgehead atoms. The number of nitrogens with one attached hydrogen (secondary N) is 2. The quantitative estimate of drug-likeness (QED) is 0.104. The van der Waals surface area contributed by atoms with Crippen molar-refractivity contribution in [3.05, 3.63) is 189 Å². The van der Waals surface area contributed by atoms with Gasteiger partial charge in [-0.15, -0.1) is 0 Å². The second-order valence-electron chi connectivity index (χ2n) is 17.8. The lowest BCUT2D eigenvalue weighted by Crippen LogP contribution is -2.36. The lowest BCUT2D eigenvalue weighted by molar-refractivity contribution is -0.540. The number of fused-ring (bicyclic) bond motifs is 8. The first-order chi connectivity index (χ1) is 30.8. The molecule has 2 aliphatic rings. The maximum Gasteiger partial charge on any atom is 0.256 e. The lowest BCUT2D eigenvalue weighted by atomic mass is 10.0. The van der Waals surface area contributed by atoms with Crippen LogP contribution >= 0.6 is 0 Å². The molecule has 9 rings (SSSR count). The third kappa shape index (κ3) is 8.43. The van der Waals surface area contributed by atoms with E-state index in [1.807, 2.05) is 151 Å². The highest BCUT2D eigenvalue weighted by molar-refractivity contribution is 5.95. The van der Waals surface area contributed by atoms with Gasteiger partial charge in [-0.05, 0) is 117 Å². The van der Waals surface area contributed by atoms with Crippen LogP contribution in [0.25, 0.3) is 68.6 Å². The first-order valence-electron chi connectivity index (χ1n) is 21.3. The second kappa shape index (κ2) is 16.7. The second-order valence-corrected chi connectivity index (χ2v) is 17.8. The number of anilines is 1. The third-order valence-corrected chi connectivity index (χ3v) is 11.0. The molecule has 8 heteroatoms. The van der Waals surface area contributed by atoms with Crippen molar-refractivity contribution >= 4 is 57.7 Å². The predicted octanol–water partition coefficient (Wildman–Crippen LogP) is 13.1. The van der Waals surface area contributed by atoms with Gasteiger partial charge in [0.15, 0.2) is 0 Å². The van der Waals surface area contributed by atoms with Gasteiger partial charge in [-0.3, -0.25) is 0 Å². The molecule has 64 heavy (non-hydrogen) atoms. The summed E-state index contributed by atoms with van der Waals surface area (Å²) in [6.45, 7) is 11.3. The molecule has 0 amide bonds. The summed E-state index contributed by atoms with van der Waals surface area (Å²) in [5.41, 5.74) is 13.1. The number of nitrogens with zero attached hydrogens (tertiary/aromatic N) is 4. The maximum absolute atomic E-state index is 12.9. The minimum Gasteiger partial charge on any atom is -0.758 e. The van der Waals surface area contributed by atoms with E-state index < -0.39 is 11.1 Å². The molecule has 0 aliphatic carbocycles. The van der Waals surface area contributed by atoms with E-state index in [0.717, 1.165) is 82.2 Å². The fourth-order valence-corrected chi connectivity index (χ4v) is 7.69. The molecular weight excluding hydrogens is 789 g/mol. The molecule has 0 spiro atoms. The molecule has 4 aromatic carbocycles. The number of rotatable bonds is 4. The van der Waals surface area contributed by atoms with Crippen LogP contribution in [-0.2, 0) is 0 Å². The van der Waals surface area contributed by atoms with Crippen LogP contribution in [0.15, 0.2) is 133 Å². The van der Waals surface area contributed by atoms with E-state index in [4.69, 9.17) is 9.97 Å². The highest BCUT2D eigenvalue weighted by Gasteiger charge is 2.31. The number of aromatic nitrogens is 4. The van der Waals surface area contributed by atoms with Gasteiger partial charge in [-0.25, -0.2) is 9.97 Å². The Morgan fingerprint density at radius 2 is 0.922 bits per heavy atom. The molecule has 312 valence electrons. The molecule has 5 heterocycles. The minimum atomic E-state index is -0.568. The number of hydrogen-bond acceptors (Lipinski definition) is 5. The van der Waals surface area contributed by atoms with Crippen molar-refractivity contribution in [3.8, 4) is 45.9 Å². The Bertz CT molecular complexity index is 3160. The van der Waals surface area contributed by atoms with E-state index in [-0.39, 0.29) is 0 Å². The highest BCUT2D eigenvalue weighted by atomic mass is 16.5. The van der Waals surface area contributed by atoms with Gasteiger partial charge >= 0.3 is 0 Å². The Morgan fingerprint density at radius 3 is 1.38 bits per heavy atom. The van der Waals surface area contributed by atoms with Crippen molar-refractivity contribution in [3.63, 3.8) is 0 Å². The molecule has 0 radical (unpaired) electrons. The van der Waals surface area contributed by atoms with Gasteiger partial charge in [0, 0.05) is 87.1 Å². The average molecular weight is 835 g/mol. The summed E-state index contributed by atoms with van der Waals surface area (Å²) in [6.07, 6.45) is 8.06. The van der Waals surface area contributed by atoms with E-state index in [9.17, 15) is 10.1 Å². The molecule has 0 unspecified atom stereocenters. The van der Waals surface area contributed by atoms with Gasteiger partial charge in [0.1, 0.15) is 0 Å². The van der Waals surface area contributed by atoms with Crippen LogP contribution in [-0.4, -0.2) is 35.8 Å². The Hall–Kier alpha value is -8.04. The Kier molecular flexibility index (Phi) is 10.8. The van der Waals surface area contributed by atoms with E-state index in [2.05, 4.69) is 82.2 Å². The van der Waals surface area contributed by atoms with Crippen LogP contribution in [0.3, 0.4) is 0 Å². The summed E-state index contributed by atoms with van der Waals surface area (Å²) in [5.74, 6) is 13.7. The van der Waals surface area contributed by atoms with Crippen molar-refractivity contribution in [1.82, 2.24) is 19.9 Å². The summed E-state index contributed by atoms with van der Waals surface area (Å²) in [5, 5.41) is 13.9. The number of hydroxylamine groups is 1. The van der Waals surface area contributed by atoms with Gasteiger partial charge in [-0.2, -0.15) is 0 Å². The highest BCUT2D eigenvalue weighted by Crippen LogP contribution is 2.34. The number of hydrogen-bond donors (Lipinski definition) is 2. The predicted molar refractivity (Wildman–Crippen MR) is 263 cm³/mol. The molecule has 0 atom stereocenters. The minimum absolute atomic E-state index is 0.564. The van der Waals surface area contributed by atoms with Crippen LogP contribution in [0, 0.1) is 33.8 Å². The number of aromatic amines is 2. The van der Waals surface area contributed by atoms with Crippen molar-refractivity contribution in [2.24, 2.45) is 0 Å². The van der Waals surface area contributed by atoms with Crippen molar-refractivity contribution < 1.29 is 4.76 Å². The summed E-state index contributed by atoms with van der Waals surface area (Å²) < 4.78 is 1.01. The molecule has 2 aliphatic heterocycles. The van der Waals surface area contributed by atoms with Crippen molar-refractivity contribution in [2.75, 3.05) is 5.06 Å². The monoisotopic (exact) mass is 834 g/mol. The summed E-state index contributed by atoms with van der Waals surface area (Å²) >= 11 is 0. The molecule has 0 saturated carbocycles. The molecule has 2 N–H and O–H groups in total. The SMILES string of the molecule is CC(C)(C)N([O-])c1ccc(C#Cc2c3ccc([nH]3)c(-c3ccccc3)c3nc(c(C#Cc4ccc([N+](=O)C(C)(C)C)cc4)c4nc(c(-c5ccccc5)c5ccc2[nH]5)C=C4)C=C3)cc1. The zero-order chi connectivity index (χ0) is 44.6. The van der Waals surface area contributed by atoms with Gasteiger partial charge in [0.2, 0.25) is 5.54 Å². The Balaban J connectivity index is 1.31. The first kappa shape index (κ1) is 41.3. The molecule has 8 nitrogen and oxygen atoms in total. The van der Waals surface area contributed by atoms with E-state index >= 15 is 0 Å². The normalized spacial score (nSPS) is 12.0. The van der Waals surface area contributed by atoms with Crippen LogP contribution < -0.4 is 5.06 Å². The summed E-state index contributed by atoms with van der Waals surface area (Å²) in [7, 11) is 0. The van der Waals surface area contributed by atoms with E-state index in [0.29, 0.717) is 28.3 Å². The fourth-order valence-electron chi connectivity index (χ4n) is 7.69. The van der Waals surface area contributed by atoms with Gasteiger partial charge in [0.05, 0.1) is 44.9 Å². The first-order valence-corrected chi connectivity index (χ1v) is 21.3. The lowest BCUT2D eigenvalue weighted by Gasteiger charge is -2.43. The van der Waals surface area contributed by atoms with Gasteiger partial charge in [0.25, 0.3) is 5.69 Å².